The molecule has 0 radical (unpaired) electrons. The molecule has 2 heteroatoms. The Hall–Kier alpha value is -6.38. The predicted octanol–water partition coefficient (Wildman–Crippen LogP) is 14.0. The van der Waals surface area contributed by atoms with E-state index < -0.39 is 0 Å². The van der Waals surface area contributed by atoms with E-state index in [0.29, 0.717) is 0 Å². The highest BCUT2D eigenvalue weighted by Crippen LogP contribution is 2.53. The molecule has 0 saturated heterocycles. The minimum atomic E-state index is -0.180. The fourth-order valence-electron chi connectivity index (χ4n) is 9.80. The third-order valence-electron chi connectivity index (χ3n) is 12.6. The van der Waals surface area contributed by atoms with E-state index in [1.54, 1.807) is 0 Å². The smallest absolute Gasteiger partial charge is 0.0582 e. The van der Waals surface area contributed by atoms with Gasteiger partial charge in [-0.1, -0.05) is 143 Å². The van der Waals surface area contributed by atoms with Crippen LogP contribution in [0.1, 0.15) is 49.9 Å². The van der Waals surface area contributed by atoms with Gasteiger partial charge in [-0.2, -0.15) is 0 Å². The molecule has 1 aromatic heterocycles. The van der Waals surface area contributed by atoms with Crippen LogP contribution < -0.4 is 4.90 Å². The van der Waals surface area contributed by atoms with Crippen molar-refractivity contribution in [1.82, 2.24) is 4.57 Å². The lowest BCUT2D eigenvalue weighted by atomic mass is 9.75. The van der Waals surface area contributed by atoms with Crippen molar-refractivity contribution in [1.29, 1.82) is 0 Å². The predicted molar refractivity (Wildman–Crippen MR) is 228 cm³/mol. The van der Waals surface area contributed by atoms with Crippen LogP contribution in [0.2, 0.25) is 0 Å². The summed E-state index contributed by atoms with van der Waals surface area (Å²) in [7, 11) is 0. The van der Waals surface area contributed by atoms with E-state index in [2.05, 4.69) is 207 Å². The van der Waals surface area contributed by atoms with E-state index in [-0.39, 0.29) is 10.8 Å². The normalized spacial score (nSPS) is 14.6. The molecular weight excluding hydrogens is 653 g/mol. The van der Waals surface area contributed by atoms with Crippen LogP contribution in [-0.4, -0.2) is 4.57 Å². The molecule has 11 rings (SSSR count). The lowest BCUT2D eigenvalue weighted by molar-refractivity contribution is 0.630. The van der Waals surface area contributed by atoms with Crippen LogP contribution in [0.5, 0.6) is 0 Å². The molecule has 9 aromatic rings. The highest BCUT2D eigenvalue weighted by molar-refractivity contribution is 6.12. The van der Waals surface area contributed by atoms with E-state index in [1.807, 2.05) is 0 Å². The second-order valence-corrected chi connectivity index (χ2v) is 16.2. The second kappa shape index (κ2) is 11.1. The lowest BCUT2D eigenvalue weighted by Gasteiger charge is -2.34. The molecular formula is C52H40N2. The molecule has 2 heterocycles. The van der Waals surface area contributed by atoms with Crippen molar-refractivity contribution in [2.45, 2.75) is 38.5 Å². The third kappa shape index (κ3) is 4.23. The van der Waals surface area contributed by atoms with Crippen LogP contribution in [-0.2, 0) is 10.8 Å². The van der Waals surface area contributed by atoms with Gasteiger partial charge < -0.3 is 9.47 Å². The first-order valence-corrected chi connectivity index (χ1v) is 19.1. The number of hydrogen-bond donors (Lipinski definition) is 0. The number of rotatable bonds is 4. The van der Waals surface area contributed by atoms with Crippen LogP contribution in [0.4, 0.5) is 17.1 Å². The Labute approximate surface area is 316 Å². The van der Waals surface area contributed by atoms with Crippen LogP contribution in [0, 0.1) is 0 Å². The summed E-state index contributed by atoms with van der Waals surface area (Å²) in [5, 5.41) is 5.10. The molecule has 0 amide bonds. The molecule has 0 bridgehead atoms. The van der Waals surface area contributed by atoms with Gasteiger partial charge in [0.05, 0.1) is 22.4 Å². The Kier molecular flexibility index (Phi) is 6.39. The summed E-state index contributed by atoms with van der Waals surface area (Å²) >= 11 is 0. The summed E-state index contributed by atoms with van der Waals surface area (Å²) in [4.78, 5) is 2.42. The Bertz CT molecular complexity index is 2990. The first kappa shape index (κ1) is 31.2. The molecule has 8 aromatic carbocycles. The van der Waals surface area contributed by atoms with Crippen molar-refractivity contribution < 1.29 is 0 Å². The van der Waals surface area contributed by atoms with Gasteiger partial charge in [0.2, 0.25) is 0 Å². The Morgan fingerprint density at radius 2 is 1.06 bits per heavy atom. The van der Waals surface area contributed by atoms with Gasteiger partial charge in [-0.3, -0.25) is 0 Å². The van der Waals surface area contributed by atoms with Gasteiger partial charge >= 0.3 is 0 Å². The number of benzene rings is 8. The Morgan fingerprint density at radius 3 is 1.93 bits per heavy atom. The number of hydrogen-bond acceptors (Lipinski definition) is 1. The molecule has 0 fully saturated rings. The average Bonchev–Trinajstić information content (AvgIpc) is 3.65. The number of fused-ring (bicyclic) bond motifs is 9. The van der Waals surface area contributed by atoms with Crippen molar-refractivity contribution in [2.75, 3.05) is 4.90 Å². The largest absolute Gasteiger partial charge is 0.310 e. The monoisotopic (exact) mass is 692 g/mol. The van der Waals surface area contributed by atoms with Gasteiger partial charge in [-0.15, -0.1) is 0 Å². The van der Waals surface area contributed by atoms with Crippen LogP contribution >= 0.6 is 0 Å². The standard InChI is InChI=1S/C52H40N2/c1-51(2)43-20-10-11-22-49(43)54-48-29-25-34(30-42(48)41-19-13-21-44(51)50(41)54)35-24-27-39-40-28-26-37(32-46(40)52(3,4)45(39)31-35)53(36-16-6-5-7-17-36)47-23-12-15-33-14-8-9-18-38(33)47/h5-32H,1-4H3. The van der Waals surface area contributed by atoms with Crippen molar-refractivity contribution in [3.05, 3.63) is 192 Å². The maximum absolute atomic E-state index is 2.50. The van der Waals surface area contributed by atoms with Crippen molar-refractivity contribution >= 4 is 49.6 Å². The van der Waals surface area contributed by atoms with E-state index >= 15 is 0 Å². The molecule has 0 saturated carbocycles. The summed E-state index contributed by atoms with van der Waals surface area (Å²) in [6, 6.07) is 63.2. The summed E-state index contributed by atoms with van der Waals surface area (Å²) in [5.41, 5.74) is 17.8. The van der Waals surface area contributed by atoms with Crippen molar-refractivity contribution in [3.8, 4) is 27.9 Å². The third-order valence-corrected chi connectivity index (χ3v) is 12.6. The van der Waals surface area contributed by atoms with E-state index in [0.717, 1.165) is 5.69 Å². The Balaban J connectivity index is 1.03. The van der Waals surface area contributed by atoms with Gasteiger partial charge in [0.15, 0.2) is 0 Å². The number of anilines is 3. The van der Waals surface area contributed by atoms with Crippen LogP contribution in [0.25, 0.3) is 60.5 Å². The van der Waals surface area contributed by atoms with Gasteiger partial charge in [-0.25, -0.2) is 0 Å². The zero-order valence-corrected chi connectivity index (χ0v) is 31.1. The highest BCUT2D eigenvalue weighted by atomic mass is 15.1. The zero-order valence-electron chi connectivity index (χ0n) is 31.1. The fourth-order valence-corrected chi connectivity index (χ4v) is 9.80. The van der Waals surface area contributed by atoms with Crippen LogP contribution in [0.3, 0.4) is 0 Å². The van der Waals surface area contributed by atoms with Gasteiger partial charge in [0, 0.05) is 38.4 Å². The molecule has 0 spiro atoms. The first-order valence-electron chi connectivity index (χ1n) is 19.1. The maximum Gasteiger partial charge on any atom is 0.0582 e. The minimum Gasteiger partial charge on any atom is -0.310 e. The fraction of sp³-hybridized carbons (Fsp3) is 0.115. The summed E-state index contributed by atoms with van der Waals surface area (Å²) in [6.45, 7) is 9.51. The number of aromatic nitrogens is 1. The number of nitrogens with zero attached hydrogens (tertiary/aromatic N) is 2. The SMILES string of the molecule is CC1(C)c2cc(-c3ccc4c(c3)c3cccc5c3n4-c3ccccc3C5(C)C)ccc2-c2ccc(N(c3ccccc3)c3cccc4ccccc34)cc21. The Morgan fingerprint density at radius 1 is 0.426 bits per heavy atom. The molecule has 1 aliphatic carbocycles. The van der Waals surface area contributed by atoms with Gasteiger partial charge in [-0.05, 0) is 104 Å². The lowest BCUT2D eigenvalue weighted by Crippen LogP contribution is -2.26. The van der Waals surface area contributed by atoms with Gasteiger partial charge in [0.1, 0.15) is 0 Å². The van der Waals surface area contributed by atoms with E-state index in [4.69, 9.17) is 0 Å². The molecule has 2 nitrogen and oxygen atoms in total. The molecule has 54 heavy (non-hydrogen) atoms. The first-order chi connectivity index (χ1) is 26.3. The van der Waals surface area contributed by atoms with E-state index in [1.165, 1.54) is 94.1 Å². The molecule has 0 atom stereocenters. The molecule has 2 aliphatic rings. The van der Waals surface area contributed by atoms with E-state index in [9.17, 15) is 0 Å². The molecule has 0 unspecified atom stereocenters. The topological polar surface area (TPSA) is 8.17 Å². The summed E-state index contributed by atoms with van der Waals surface area (Å²) < 4.78 is 2.50. The molecule has 258 valence electrons. The zero-order chi connectivity index (χ0) is 36.3. The minimum absolute atomic E-state index is 0.0727. The molecule has 0 N–H and O–H groups in total. The molecule has 1 aliphatic heterocycles. The quantitative estimate of drug-likeness (QED) is 0.178. The number of para-hydroxylation sites is 3. The highest BCUT2D eigenvalue weighted by Gasteiger charge is 2.37. The van der Waals surface area contributed by atoms with Gasteiger partial charge in [0.25, 0.3) is 0 Å². The van der Waals surface area contributed by atoms with Crippen LogP contribution in [0.15, 0.2) is 170 Å². The summed E-state index contributed by atoms with van der Waals surface area (Å²) in [6.07, 6.45) is 0. The summed E-state index contributed by atoms with van der Waals surface area (Å²) in [5.74, 6) is 0. The van der Waals surface area contributed by atoms with Crippen molar-refractivity contribution in [3.63, 3.8) is 0 Å². The van der Waals surface area contributed by atoms with Crippen molar-refractivity contribution in [2.24, 2.45) is 0 Å². The maximum atomic E-state index is 2.50. The second-order valence-electron chi connectivity index (χ2n) is 16.2. The average molecular weight is 693 g/mol.